The van der Waals surface area contributed by atoms with Gasteiger partial charge >= 0.3 is 6.03 Å². The highest BCUT2D eigenvalue weighted by atomic mass is 32.2. The summed E-state index contributed by atoms with van der Waals surface area (Å²) in [6.45, 7) is 4.32. The van der Waals surface area contributed by atoms with Gasteiger partial charge in [0, 0.05) is 64.4 Å². The maximum absolute atomic E-state index is 12.9. The molecule has 2 aromatic heterocycles. The fourth-order valence-corrected chi connectivity index (χ4v) is 4.95. The molecule has 1 aliphatic heterocycles. The van der Waals surface area contributed by atoms with Crippen molar-refractivity contribution in [1.29, 1.82) is 0 Å². The van der Waals surface area contributed by atoms with E-state index in [0.29, 0.717) is 31.8 Å². The van der Waals surface area contributed by atoms with Gasteiger partial charge in [0.05, 0.1) is 5.69 Å². The molecule has 9 nitrogen and oxygen atoms in total. The molecule has 0 aromatic carbocycles. The lowest BCUT2D eigenvalue weighted by Crippen LogP contribution is -2.51. The number of urea groups is 1. The average molecular weight is 407 g/mol. The predicted molar refractivity (Wildman–Crippen MR) is 106 cm³/mol. The number of aromatic nitrogens is 2. The number of fused-ring (bicyclic) bond motifs is 1. The number of nitrogens with one attached hydrogen (secondary N) is 1. The number of nitrogens with zero attached hydrogens (tertiary/aromatic N) is 5. The minimum absolute atomic E-state index is 0.0104. The Kier molecular flexibility index (Phi) is 4.50. The number of hydrogen-bond acceptors (Lipinski definition) is 5. The van der Waals surface area contributed by atoms with Crippen LogP contribution in [0.2, 0.25) is 0 Å². The first-order valence-electron chi connectivity index (χ1n) is 9.40. The van der Waals surface area contributed by atoms with Gasteiger partial charge in [0.1, 0.15) is 4.90 Å². The largest absolute Gasteiger partial charge is 0.365 e. The van der Waals surface area contributed by atoms with E-state index in [1.807, 2.05) is 6.92 Å². The quantitative estimate of drug-likeness (QED) is 0.817. The number of sulfonamides is 1. The molecule has 0 bridgehead atoms. The highest BCUT2D eigenvalue weighted by molar-refractivity contribution is 7.89. The van der Waals surface area contributed by atoms with Crippen LogP contribution in [0.15, 0.2) is 29.6 Å². The monoisotopic (exact) mass is 406 g/mol. The maximum atomic E-state index is 12.9. The van der Waals surface area contributed by atoms with E-state index in [1.165, 1.54) is 0 Å². The van der Waals surface area contributed by atoms with Crippen LogP contribution < -0.4 is 9.62 Å². The first-order chi connectivity index (χ1) is 13.2. The van der Waals surface area contributed by atoms with Gasteiger partial charge in [0.25, 0.3) is 0 Å². The first kappa shape index (κ1) is 19.0. The number of carbonyl (C=O) groups excluding carboxylic acids is 1. The SMILES string of the molecule is CN(C)C(=O)N1CCN(c2cc(S(=O)(=O)NC3(C)CC3)cn3ccnc23)CC1. The van der Waals surface area contributed by atoms with Gasteiger partial charge in [-0.05, 0) is 25.8 Å². The predicted octanol–water partition coefficient (Wildman–Crippen LogP) is 0.969. The molecule has 2 aliphatic rings. The number of anilines is 1. The van der Waals surface area contributed by atoms with E-state index in [-0.39, 0.29) is 16.5 Å². The summed E-state index contributed by atoms with van der Waals surface area (Å²) < 4.78 is 30.3. The zero-order chi connectivity index (χ0) is 20.1. The lowest BCUT2D eigenvalue weighted by Gasteiger charge is -2.37. The van der Waals surface area contributed by atoms with Crippen LogP contribution in [0.1, 0.15) is 19.8 Å². The van der Waals surface area contributed by atoms with Crippen molar-refractivity contribution in [2.75, 3.05) is 45.2 Å². The summed E-state index contributed by atoms with van der Waals surface area (Å²) in [6, 6.07) is 1.68. The molecule has 0 atom stereocenters. The third kappa shape index (κ3) is 3.53. The van der Waals surface area contributed by atoms with Crippen LogP contribution in [0, 0.1) is 0 Å². The van der Waals surface area contributed by atoms with Gasteiger partial charge < -0.3 is 19.1 Å². The maximum Gasteiger partial charge on any atom is 0.319 e. The second-order valence-corrected chi connectivity index (χ2v) is 9.72. The third-order valence-electron chi connectivity index (χ3n) is 5.41. The molecule has 2 aromatic rings. The molecule has 1 saturated heterocycles. The molecule has 152 valence electrons. The lowest BCUT2D eigenvalue weighted by molar-refractivity contribution is 0.168. The van der Waals surface area contributed by atoms with E-state index in [1.54, 1.807) is 53.0 Å². The summed E-state index contributed by atoms with van der Waals surface area (Å²) >= 11 is 0. The Balaban J connectivity index is 1.62. The average Bonchev–Trinajstić information content (AvgIpc) is 3.18. The van der Waals surface area contributed by atoms with Crippen LogP contribution in [0.3, 0.4) is 0 Å². The molecule has 1 aliphatic carbocycles. The fourth-order valence-electron chi connectivity index (χ4n) is 3.46. The second-order valence-electron chi connectivity index (χ2n) is 8.04. The van der Waals surface area contributed by atoms with Gasteiger partial charge in [-0.25, -0.2) is 22.9 Å². The zero-order valence-corrected chi connectivity index (χ0v) is 17.2. The molecule has 4 rings (SSSR count). The molecule has 2 amide bonds. The molecule has 0 radical (unpaired) electrons. The number of hydrogen-bond donors (Lipinski definition) is 1. The molecule has 2 fully saturated rings. The highest BCUT2D eigenvalue weighted by Crippen LogP contribution is 2.36. The summed E-state index contributed by atoms with van der Waals surface area (Å²) in [6.07, 6.45) is 6.73. The van der Waals surface area contributed by atoms with Gasteiger partial charge in [-0.1, -0.05) is 0 Å². The Morgan fingerprint density at radius 2 is 1.89 bits per heavy atom. The van der Waals surface area contributed by atoms with Gasteiger partial charge in [0.15, 0.2) is 5.65 Å². The van der Waals surface area contributed by atoms with Crippen molar-refractivity contribution >= 4 is 27.4 Å². The van der Waals surface area contributed by atoms with Crippen molar-refractivity contribution in [2.24, 2.45) is 0 Å². The summed E-state index contributed by atoms with van der Waals surface area (Å²) in [5, 5.41) is 0. The van der Waals surface area contributed by atoms with Gasteiger partial charge in [-0.3, -0.25) is 0 Å². The van der Waals surface area contributed by atoms with Gasteiger partial charge in [-0.2, -0.15) is 0 Å². The van der Waals surface area contributed by atoms with Crippen molar-refractivity contribution in [3.63, 3.8) is 0 Å². The Hall–Kier alpha value is -2.33. The van der Waals surface area contributed by atoms with Gasteiger partial charge in [0.2, 0.25) is 10.0 Å². The van der Waals surface area contributed by atoms with E-state index >= 15 is 0 Å². The smallest absolute Gasteiger partial charge is 0.319 e. The van der Waals surface area contributed by atoms with E-state index in [4.69, 9.17) is 0 Å². The Morgan fingerprint density at radius 3 is 2.50 bits per heavy atom. The van der Waals surface area contributed by atoms with Crippen molar-refractivity contribution in [1.82, 2.24) is 23.9 Å². The zero-order valence-electron chi connectivity index (χ0n) is 16.4. The molecule has 0 unspecified atom stereocenters. The minimum atomic E-state index is -3.62. The number of piperazine rings is 1. The summed E-state index contributed by atoms with van der Waals surface area (Å²) in [4.78, 5) is 22.3. The van der Waals surface area contributed by atoms with Gasteiger partial charge in [-0.15, -0.1) is 0 Å². The normalized spacial score (nSPS) is 19.1. The van der Waals surface area contributed by atoms with E-state index < -0.39 is 10.0 Å². The number of pyridine rings is 1. The number of imidazole rings is 1. The molecule has 0 spiro atoms. The standard InChI is InChI=1S/C18H26N6O3S/c1-18(4-5-18)20-28(26,27)14-12-15(16-19-6-7-24(16)13-14)22-8-10-23(11-9-22)17(25)21(2)3/h6-7,12-13,20H,4-5,8-11H2,1-3H3. The van der Waals surface area contributed by atoms with Crippen molar-refractivity contribution in [3.05, 3.63) is 24.7 Å². The van der Waals surface area contributed by atoms with Crippen molar-refractivity contribution in [3.8, 4) is 0 Å². The molecule has 28 heavy (non-hydrogen) atoms. The fraction of sp³-hybridized carbons (Fsp3) is 0.556. The van der Waals surface area contributed by atoms with Crippen LogP contribution in [-0.2, 0) is 10.0 Å². The Bertz CT molecular complexity index is 1000. The van der Waals surface area contributed by atoms with Crippen molar-refractivity contribution < 1.29 is 13.2 Å². The van der Waals surface area contributed by atoms with Crippen LogP contribution in [-0.4, -0.2) is 79.4 Å². The molecular formula is C18H26N6O3S. The Morgan fingerprint density at radius 1 is 1.21 bits per heavy atom. The molecular weight excluding hydrogens is 380 g/mol. The first-order valence-corrected chi connectivity index (χ1v) is 10.9. The van der Waals surface area contributed by atoms with Crippen molar-refractivity contribution in [2.45, 2.75) is 30.2 Å². The van der Waals surface area contributed by atoms with E-state index in [2.05, 4.69) is 14.6 Å². The molecule has 1 saturated carbocycles. The number of amides is 2. The van der Waals surface area contributed by atoms with Crippen LogP contribution in [0.5, 0.6) is 0 Å². The third-order valence-corrected chi connectivity index (χ3v) is 7.01. The summed E-state index contributed by atoms with van der Waals surface area (Å²) in [7, 11) is -0.137. The molecule has 10 heteroatoms. The van der Waals surface area contributed by atoms with E-state index in [0.717, 1.165) is 18.5 Å². The molecule has 3 heterocycles. The summed E-state index contributed by atoms with van der Waals surface area (Å²) in [5.41, 5.74) is 1.15. The number of carbonyl (C=O) groups is 1. The second kappa shape index (κ2) is 6.63. The topological polar surface area (TPSA) is 90.3 Å². The Labute approximate surface area is 165 Å². The highest BCUT2D eigenvalue weighted by Gasteiger charge is 2.41. The van der Waals surface area contributed by atoms with Crippen LogP contribution in [0.25, 0.3) is 5.65 Å². The van der Waals surface area contributed by atoms with E-state index in [9.17, 15) is 13.2 Å². The van der Waals surface area contributed by atoms with Crippen LogP contribution >= 0.6 is 0 Å². The molecule has 1 N–H and O–H groups in total. The lowest BCUT2D eigenvalue weighted by atomic mass is 10.2. The van der Waals surface area contributed by atoms with Crippen LogP contribution in [0.4, 0.5) is 10.5 Å². The summed E-state index contributed by atoms with van der Waals surface area (Å²) in [5.74, 6) is 0. The number of rotatable bonds is 4. The minimum Gasteiger partial charge on any atom is -0.365 e.